The lowest BCUT2D eigenvalue weighted by atomic mass is 9.69. The Labute approximate surface area is 104 Å². The van der Waals surface area contributed by atoms with Crippen LogP contribution in [-0.4, -0.2) is 25.2 Å². The number of carbonyl (C=O) groups excluding carboxylic acids is 1. The zero-order chi connectivity index (χ0) is 12.8. The highest BCUT2D eigenvalue weighted by atomic mass is 16.5. The van der Waals surface area contributed by atoms with Crippen molar-refractivity contribution < 1.29 is 9.53 Å². The summed E-state index contributed by atoms with van der Waals surface area (Å²) < 4.78 is 5.08. The maximum atomic E-state index is 11.9. The van der Waals surface area contributed by atoms with E-state index in [-0.39, 0.29) is 17.4 Å². The fourth-order valence-electron chi connectivity index (χ4n) is 3.82. The minimum Gasteiger partial charge on any atom is -0.372 e. The average Bonchev–Trinajstić information content (AvgIpc) is 2.60. The lowest BCUT2D eigenvalue weighted by Crippen LogP contribution is -2.49. The summed E-state index contributed by atoms with van der Waals surface area (Å²) in [6, 6.07) is 0.321. The van der Waals surface area contributed by atoms with E-state index in [0.717, 1.165) is 12.3 Å². The predicted molar refractivity (Wildman–Crippen MR) is 67.6 cm³/mol. The molecule has 2 fully saturated rings. The van der Waals surface area contributed by atoms with Gasteiger partial charge in [0.05, 0.1) is 0 Å². The first kappa shape index (κ1) is 12.9. The Bertz CT molecular complexity index is 326. The first-order chi connectivity index (χ1) is 7.83. The van der Waals surface area contributed by atoms with E-state index in [1.807, 2.05) is 0 Å². The first-order valence-corrected chi connectivity index (χ1v) is 6.66. The van der Waals surface area contributed by atoms with Crippen molar-refractivity contribution in [2.24, 2.45) is 16.7 Å². The molecule has 0 radical (unpaired) electrons. The van der Waals surface area contributed by atoms with E-state index in [2.05, 4.69) is 26.1 Å². The Balaban J connectivity index is 2.08. The largest absolute Gasteiger partial charge is 0.372 e. The molecule has 0 unspecified atom stereocenters. The SMILES string of the molecule is CO[C@H](C)C(=O)N[C@H]1C[C@H]2CC[C@@]1(C)C2(C)C. The second-order valence-electron chi connectivity index (χ2n) is 6.55. The van der Waals surface area contributed by atoms with Gasteiger partial charge in [0.15, 0.2) is 0 Å². The Morgan fingerprint density at radius 1 is 1.41 bits per heavy atom. The van der Waals surface area contributed by atoms with Crippen LogP contribution in [0.2, 0.25) is 0 Å². The lowest BCUT2D eigenvalue weighted by molar-refractivity contribution is -0.131. The van der Waals surface area contributed by atoms with Crippen LogP contribution in [0.5, 0.6) is 0 Å². The summed E-state index contributed by atoms with van der Waals surface area (Å²) in [5.41, 5.74) is 0.599. The van der Waals surface area contributed by atoms with Crippen LogP contribution < -0.4 is 5.32 Å². The normalized spacial score (nSPS) is 40.3. The highest BCUT2D eigenvalue weighted by Gasteiger charge is 2.61. The number of nitrogens with one attached hydrogen (secondary N) is 1. The molecule has 17 heavy (non-hydrogen) atoms. The molecular weight excluding hydrogens is 214 g/mol. The van der Waals surface area contributed by atoms with E-state index < -0.39 is 0 Å². The molecule has 3 heteroatoms. The van der Waals surface area contributed by atoms with Crippen LogP contribution in [0.1, 0.15) is 47.0 Å². The van der Waals surface area contributed by atoms with Crippen LogP contribution in [0.4, 0.5) is 0 Å². The van der Waals surface area contributed by atoms with Gasteiger partial charge in [0, 0.05) is 13.2 Å². The third-order valence-electron chi connectivity index (χ3n) is 5.83. The maximum absolute atomic E-state index is 11.9. The number of rotatable bonds is 3. The van der Waals surface area contributed by atoms with Gasteiger partial charge in [0.1, 0.15) is 6.10 Å². The number of methoxy groups -OCH3 is 1. The van der Waals surface area contributed by atoms with Crippen molar-refractivity contribution in [3.05, 3.63) is 0 Å². The summed E-state index contributed by atoms with van der Waals surface area (Å²) in [5, 5.41) is 3.19. The zero-order valence-electron chi connectivity index (χ0n) is 11.7. The predicted octanol–water partition coefficient (Wildman–Crippen LogP) is 2.35. The number of carbonyl (C=O) groups is 1. The first-order valence-electron chi connectivity index (χ1n) is 6.66. The fraction of sp³-hybridized carbons (Fsp3) is 0.929. The third-order valence-corrected chi connectivity index (χ3v) is 5.83. The van der Waals surface area contributed by atoms with Crippen LogP contribution in [0.15, 0.2) is 0 Å². The van der Waals surface area contributed by atoms with Crippen molar-refractivity contribution in [1.29, 1.82) is 0 Å². The van der Waals surface area contributed by atoms with E-state index in [1.54, 1.807) is 14.0 Å². The molecule has 0 aliphatic heterocycles. The van der Waals surface area contributed by atoms with Gasteiger partial charge in [0.2, 0.25) is 5.91 Å². The van der Waals surface area contributed by atoms with Crippen molar-refractivity contribution >= 4 is 5.91 Å². The summed E-state index contributed by atoms with van der Waals surface area (Å²) in [6.07, 6.45) is 3.33. The Morgan fingerprint density at radius 2 is 2.06 bits per heavy atom. The van der Waals surface area contributed by atoms with Gasteiger partial charge in [-0.05, 0) is 42.9 Å². The molecule has 0 spiro atoms. The topological polar surface area (TPSA) is 38.3 Å². The standard InChI is InChI=1S/C14H25NO2/c1-9(17-5)12(16)15-11-8-10-6-7-14(11,4)13(10,2)3/h9-11H,6-8H2,1-5H3,(H,15,16)/t9-,10-,11+,14-/m1/s1. The molecule has 98 valence electrons. The monoisotopic (exact) mass is 239 g/mol. The molecule has 2 aliphatic rings. The molecule has 2 saturated carbocycles. The molecule has 0 aromatic rings. The molecule has 0 aromatic heterocycles. The Morgan fingerprint density at radius 3 is 2.47 bits per heavy atom. The van der Waals surface area contributed by atoms with Gasteiger partial charge in [-0.25, -0.2) is 0 Å². The van der Waals surface area contributed by atoms with Gasteiger partial charge < -0.3 is 10.1 Å². The number of fused-ring (bicyclic) bond motifs is 2. The van der Waals surface area contributed by atoms with Crippen molar-refractivity contribution in [3.8, 4) is 0 Å². The number of hydrogen-bond acceptors (Lipinski definition) is 2. The van der Waals surface area contributed by atoms with Crippen LogP contribution in [0, 0.1) is 16.7 Å². The number of hydrogen-bond donors (Lipinski definition) is 1. The third kappa shape index (κ3) is 1.70. The quantitative estimate of drug-likeness (QED) is 0.821. The molecule has 2 aliphatic carbocycles. The van der Waals surface area contributed by atoms with Gasteiger partial charge in [0.25, 0.3) is 0 Å². The summed E-state index contributed by atoms with van der Waals surface area (Å²) in [4.78, 5) is 11.9. The van der Waals surface area contributed by atoms with Gasteiger partial charge in [-0.3, -0.25) is 4.79 Å². The van der Waals surface area contributed by atoms with Gasteiger partial charge in [-0.1, -0.05) is 20.8 Å². The molecule has 1 N–H and O–H groups in total. The van der Waals surface area contributed by atoms with Crippen molar-refractivity contribution in [3.63, 3.8) is 0 Å². The molecule has 3 nitrogen and oxygen atoms in total. The second kappa shape index (κ2) is 3.98. The molecule has 1 amide bonds. The minimum absolute atomic E-state index is 0.0297. The minimum atomic E-state index is -0.346. The molecule has 2 bridgehead atoms. The molecule has 0 saturated heterocycles. The fourth-order valence-corrected chi connectivity index (χ4v) is 3.82. The molecular formula is C14H25NO2. The summed E-state index contributed by atoms with van der Waals surface area (Å²) in [6.45, 7) is 8.85. The number of ether oxygens (including phenoxy) is 1. The van der Waals surface area contributed by atoms with Crippen LogP contribution in [-0.2, 0) is 9.53 Å². The maximum Gasteiger partial charge on any atom is 0.249 e. The zero-order valence-corrected chi connectivity index (χ0v) is 11.7. The van der Waals surface area contributed by atoms with Crippen molar-refractivity contribution in [1.82, 2.24) is 5.32 Å². The molecule has 2 rings (SSSR count). The van der Waals surface area contributed by atoms with E-state index in [0.29, 0.717) is 11.5 Å². The van der Waals surface area contributed by atoms with Crippen LogP contribution >= 0.6 is 0 Å². The average molecular weight is 239 g/mol. The summed E-state index contributed by atoms with van der Waals surface area (Å²) >= 11 is 0. The van der Waals surface area contributed by atoms with E-state index in [1.165, 1.54) is 12.8 Å². The second-order valence-corrected chi connectivity index (χ2v) is 6.55. The molecule has 0 aromatic carbocycles. The van der Waals surface area contributed by atoms with E-state index >= 15 is 0 Å². The number of amides is 1. The van der Waals surface area contributed by atoms with Gasteiger partial charge >= 0.3 is 0 Å². The van der Waals surface area contributed by atoms with Crippen LogP contribution in [0.25, 0.3) is 0 Å². The summed E-state index contributed by atoms with van der Waals surface area (Å²) in [7, 11) is 1.58. The smallest absolute Gasteiger partial charge is 0.249 e. The van der Waals surface area contributed by atoms with E-state index in [9.17, 15) is 4.79 Å². The summed E-state index contributed by atoms with van der Waals surface area (Å²) in [5.74, 6) is 0.790. The molecule has 4 atom stereocenters. The van der Waals surface area contributed by atoms with Crippen molar-refractivity contribution in [2.45, 2.75) is 59.1 Å². The lowest BCUT2D eigenvalue weighted by Gasteiger charge is -2.39. The van der Waals surface area contributed by atoms with Gasteiger partial charge in [-0.2, -0.15) is 0 Å². The Kier molecular flexibility index (Phi) is 3.01. The highest BCUT2D eigenvalue weighted by molar-refractivity contribution is 5.80. The van der Waals surface area contributed by atoms with Crippen molar-refractivity contribution in [2.75, 3.05) is 7.11 Å². The highest BCUT2D eigenvalue weighted by Crippen LogP contribution is 2.65. The Hall–Kier alpha value is -0.570. The molecule has 0 heterocycles. The van der Waals surface area contributed by atoms with E-state index in [4.69, 9.17) is 4.74 Å². The van der Waals surface area contributed by atoms with Gasteiger partial charge in [-0.15, -0.1) is 0 Å². The van der Waals surface area contributed by atoms with Crippen LogP contribution in [0.3, 0.4) is 0 Å².